The summed E-state index contributed by atoms with van der Waals surface area (Å²) >= 11 is 0. The van der Waals surface area contributed by atoms with E-state index >= 15 is 0 Å². The summed E-state index contributed by atoms with van der Waals surface area (Å²) in [5.74, 6) is 0.0556. The Kier molecular flexibility index (Phi) is 3.58. The molecule has 0 bridgehead atoms. The topological polar surface area (TPSA) is 37.3 Å². The van der Waals surface area contributed by atoms with Gasteiger partial charge in [-0.2, -0.15) is 0 Å². The van der Waals surface area contributed by atoms with E-state index < -0.39 is 0 Å². The lowest BCUT2D eigenvalue weighted by molar-refractivity contribution is 0.103. The van der Waals surface area contributed by atoms with E-state index in [1.165, 1.54) is 0 Å². The fraction of sp³-hybridized carbons (Fsp3) is 0.0625. The number of phenols is 1. The van der Waals surface area contributed by atoms with Crippen LogP contribution in [0.1, 0.15) is 21.5 Å². The van der Waals surface area contributed by atoms with Crippen LogP contribution in [0.15, 0.2) is 61.2 Å². The lowest BCUT2D eigenvalue weighted by Crippen LogP contribution is -2.05. The van der Waals surface area contributed by atoms with E-state index in [1.54, 1.807) is 36.4 Å². The van der Waals surface area contributed by atoms with Crippen LogP contribution in [0.3, 0.4) is 0 Å². The molecule has 2 aromatic rings. The normalized spacial score (nSPS) is 10.0. The maximum atomic E-state index is 12.3. The Balaban J connectivity index is 2.48. The van der Waals surface area contributed by atoms with Crippen LogP contribution in [0.4, 0.5) is 0 Å². The fourth-order valence-electron chi connectivity index (χ4n) is 1.89. The van der Waals surface area contributed by atoms with Gasteiger partial charge < -0.3 is 5.11 Å². The van der Waals surface area contributed by atoms with Crippen LogP contribution in [0.2, 0.25) is 0 Å². The van der Waals surface area contributed by atoms with E-state index in [1.807, 2.05) is 18.2 Å². The van der Waals surface area contributed by atoms with Crippen molar-refractivity contribution in [2.75, 3.05) is 0 Å². The predicted molar refractivity (Wildman–Crippen MR) is 71.9 cm³/mol. The predicted octanol–water partition coefficient (Wildman–Crippen LogP) is 3.35. The molecule has 0 aliphatic carbocycles. The Morgan fingerprint density at radius 1 is 1.11 bits per heavy atom. The van der Waals surface area contributed by atoms with Gasteiger partial charge in [-0.1, -0.05) is 48.5 Å². The summed E-state index contributed by atoms with van der Waals surface area (Å²) in [6.45, 7) is 3.65. The van der Waals surface area contributed by atoms with Gasteiger partial charge in [0.2, 0.25) is 0 Å². The molecule has 2 nitrogen and oxygen atoms in total. The molecule has 0 atom stereocenters. The smallest absolute Gasteiger partial charge is 0.193 e. The molecule has 0 heterocycles. The summed E-state index contributed by atoms with van der Waals surface area (Å²) < 4.78 is 0. The Morgan fingerprint density at radius 2 is 1.83 bits per heavy atom. The number of ketones is 1. The van der Waals surface area contributed by atoms with Crippen LogP contribution < -0.4 is 0 Å². The molecule has 18 heavy (non-hydrogen) atoms. The van der Waals surface area contributed by atoms with Crippen molar-refractivity contribution in [3.63, 3.8) is 0 Å². The van der Waals surface area contributed by atoms with Crippen LogP contribution in [0.5, 0.6) is 5.75 Å². The van der Waals surface area contributed by atoms with Gasteiger partial charge in [-0.15, -0.1) is 6.58 Å². The van der Waals surface area contributed by atoms with Gasteiger partial charge in [-0.25, -0.2) is 0 Å². The fourth-order valence-corrected chi connectivity index (χ4v) is 1.89. The summed E-state index contributed by atoms with van der Waals surface area (Å²) in [5.41, 5.74) is 1.77. The van der Waals surface area contributed by atoms with Gasteiger partial charge >= 0.3 is 0 Å². The van der Waals surface area contributed by atoms with Crippen LogP contribution in [0, 0.1) is 0 Å². The maximum absolute atomic E-state index is 12.3. The molecule has 0 spiro atoms. The third-order valence-corrected chi connectivity index (χ3v) is 2.78. The van der Waals surface area contributed by atoms with E-state index in [-0.39, 0.29) is 11.5 Å². The molecule has 0 saturated heterocycles. The molecule has 0 aliphatic heterocycles. The lowest BCUT2D eigenvalue weighted by atomic mass is 9.96. The highest BCUT2D eigenvalue weighted by Gasteiger charge is 2.14. The van der Waals surface area contributed by atoms with Gasteiger partial charge in [-0.3, -0.25) is 4.79 Å². The van der Waals surface area contributed by atoms with Gasteiger partial charge in [0.25, 0.3) is 0 Å². The number of hydrogen-bond acceptors (Lipinski definition) is 2. The molecule has 0 saturated carbocycles. The first-order chi connectivity index (χ1) is 8.74. The van der Waals surface area contributed by atoms with Gasteiger partial charge in [-0.05, 0) is 12.5 Å². The standard InChI is InChI=1S/C16H14O2/c1-2-7-13-14(10-6-11-15(13)17)16(18)12-8-4-3-5-9-12/h2-6,8-11,17H,1,7H2. The second kappa shape index (κ2) is 5.32. The van der Waals surface area contributed by atoms with Crippen molar-refractivity contribution in [3.05, 3.63) is 77.9 Å². The third kappa shape index (κ3) is 2.33. The molecular formula is C16H14O2. The molecule has 0 aliphatic rings. The average Bonchev–Trinajstić information content (AvgIpc) is 2.41. The number of phenolic OH excluding ortho intramolecular Hbond substituents is 1. The molecule has 0 radical (unpaired) electrons. The summed E-state index contributed by atoms with van der Waals surface area (Å²) in [4.78, 5) is 12.3. The van der Waals surface area contributed by atoms with Gasteiger partial charge in [0.05, 0.1) is 0 Å². The van der Waals surface area contributed by atoms with Crippen LogP contribution in [-0.2, 0) is 6.42 Å². The molecule has 2 heteroatoms. The van der Waals surface area contributed by atoms with Crippen molar-refractivity contribution in [1.82, 2.24) is 0 Å². The highest BCUT2D eigenvalue weighted by atomic mass is 16.3. The molecule has 0 unspecified atom stereocenters. The lowest BCUT2D eigenvalue weighted by Gasteiger charge is -2.09. The molecule has 2 rings (SSSR count). The van der Waals surface area contributed by atoms with Crippen molar-refractivity contribution >= 4 is 5.78 Å². The van der Waals surface area contributed by atoms with Gasteiger partial charge in [0.15, 0.2) is 5.78 Å². The van der Waals surface area contributed by atoms with E-state index in [0.29, 0.717) is 23.1 Å². The molecular weight excluding hydrogens is 224 g/mol. The zero-order chi connectivity index (χ0) is 13.0. The summed E-state index contributed by atoms with van der Waals surface area (Å²) in [7, 11) is 0. The third-order valence-electron chi connectivity index (χ3n) is 2.78. The second-order valence-corrected chi connectivity index (χ2v) is 3.99. The van der Waals surface area contributed by atoms with Gasteiger partial charge in [0.1, 0.15) is 5.75 Å². The largest absolute Gasteiger partial charge is 0.508 e. The van der Waals surface area contributed by atoms with E-state index in [0.717, 1.165) is 0 Å². The minimum atomic E-state index is -0.0802. The van der Waals surface area contributed by atoms with Crippen molar-refractivity contribution in [1.29, 1.82) is 0 Å². The molecule has 90 valence electrons. The van der Waals surface area contributed by atoms with E-state index in [4.69, 9.17) is 0 Å². The number of carbonyl (C=O) groups excluding carboxylic acids is 1. The SMILES string of the molecule is C=CCc1c(O)cccc1C(=O)c1ccccc1. The first-order valence-electron chi connectivity index (χ1n) is 5.75. The van der Waals surface area contributed by atoms with Crippen molar-refractivity contribution in [2.45, 2.75) is 6.42 Å². The number of carbonyl (C=O) groups is 1. The quantitative estimate of drug-likeness (QED) is 0.655. The number of hydrogen-bond donors (Lipinski definition) is 1. The number of allylic oxidation sites excluding steroid dienone is 1. The minimum absolute atomic E-state index is 0.0802. The number of aromatic hydroxyl groups is 1. The Morgan fingerprint density at radius 3 is 2.50 bits per heavy atom. The zero-order valence-corrected chi connectivity index (χ0v) is 9.97. The highest BCUT2D eigenvalue weighted by Crippen LogP contribution is 2.24. The Bertz CT molecular complexity index is 571. The minimum Gasteiger partial charge on any atom is -0.508 e. The second-order valence-electron chi connectivity index (χ2n) is 3.99. The van der Waals surface area contributed by atoms with E-state index in [9.17, 15) is 9.90 Å². The maximum Gasteiger partial charge on any atom is 0.193 e. The van der Waals surface area contributed by atoms with Crippen molar-refractivity contribution < 1.29 is 9.90 Å². The first-order valence-corrected chi connectivity index (χ1v) is 5.75. The zero-order valence-electron chi connectivity index (χ0n) is 9.97. The summed E-state index contributed by atoms with van der Waals surface area (Å²) in [6, 6.07) is 14.0. The Labute approximate surface area is 106 Å². The first kappa shape index (κ1) is 12.1. The monoisotopic (exact) mass is 238 g/mol. The average molecular weight is 238 g/mol. The molecule has 0 fully saturated rings. The molecule has 0 amide bonds. The highest BCUT2D eigenvalue weighted by molar-refractivity contribution is 6.10. The van der Waals surface area contributed by atoms with Crippen molar-refractivity contribution in [3.8, 4) is 5.75 Å². The van der Waals surface area contributed by atoms with E-state index in [2.05, 4.69) is 6.58 Å². The van der Waals surface area contributed by atoms with Crippen LogP contribution in [-0.4, -0.2) is 10.9 Å². The molecule has 2 aromatic carbocycles. The molecule has 1 N–H and O–H groups in total. The van der Waals surface area contributed by atoms with Gasteiger partial charge in [0, 0.05) is 16.7 Å². The summed E-state index contributed by atoms with van der Waals surface area (Å²) in [6.07, 6.45) is 2.15. The summed E-state index contributed by atoms with van der Waals surface area (Å²) in [5, 5.41) is 9.82. The number of benzene rings is 2. The van der Waals surface area contributed by atoms with Crippen LogP contribution in [0.25, 0.3) is 0 Å². The number of rotatable bonds is 4. The Hall–Kier alpha value is -2.35. The van der Waals surface area contributed by atoms with Crippen LogP contribution >= 0.6 is 0 Å². The van der Waals surface area contributed by atoms with Crippen molar-refractivity contribution in [2.24, 2.45) is 0 Å². The molecule has 0 aromatic heterocycles.